The van der Waals surface area contributed by atoms with Crippen LogP contribution in [0.3, 0.4) is 0 Å². The maximum absolute atomic E-state index is 13.0. The van der Waals surface area contributed by atoms with Crippen molar-refractivity contribution >= 4 is 69.6 Å². The van der Waals surface area contributed by atoms with Gasteiger partial charge in [-0.05, 0) is 48.0 Å². The number of hydrogen-bond donors (Lipinski definition) is 2. The van der Waals surface area contributed by atoms with Crippen molar-refractivity contribution in [2.75, 3.05) is 10.6 Å². The Hall–Kier alpha value is -2.58. The highest BCUT2D eigenvalue weighted by atomic mass is 35.5. The average Bonchev–Trinajstić information content (AvgIpc) is 3.32. The number of pyridine rings is 1. The number of carbonyl (C=O) groups is 2. The summed E-state index contributed by atoms with van der Waals surface area (Å²) in [6.45, 7) is 0. The standard InChI is InChI=1S/C22H14Cl4FN3O3/c23-12-7-11(8-13(24)9-12)18-19(22(18,25)26)21(32)29-16-5-6-30(33)17(10-16)20(31)28-15-3-1-14(27)2-4-15/h1-10,18-19H,(H,28,31)(H,29,32)/t18-,19+/m1/s1. The van der Waals surface area contributed by atoms with Gasteiger partial charge in [-0.15, -0.1) is 23.2 Å². The third kappa shape index (κ3) is 5.01. The van der Waals surface area contributed by atoms with E-state index in [-0.39, 0.29) is 11.4 Å². The minimum Gasteiger partial charge on any atom is -0.618 e. The molecule has 1 aliphatic rings. The molecule has 0 spiro atoms. The van der Waals surface area contributed by atoms with Crippen LogP contribution in [0.15, 0.2) is 60.8 Å². The highest BCUT2D eigenvalue weighted by Crippen LogP contribution is 2.65. The number of rotatable bonds is 5. The third-order valence-electron chi connectivity index (χ3n) is 5.10. The fourth-order valence-corrected chi connectivity index (χ4v) is 4.87. The molecule has 1 aliphatic carbocycles. The summed E-state index contributed by atoms with van der Waals surface area (Å²) in [5, 5.41) is 18.0. The molecule has 33 heavy (non-hydrogen) atoms. The Bertz CT molecular complexity index is 1230. The van der Waals surface area contributed by atoms with Gasteiger partial charge in [0.1, 0.15) is 10.2 Å². The van der Waals surface area contributed by atoms with Crippen LogP contribution >= 0.6 is 46.4 Å². The van der Waals surface area contributed by atoms with E-state index >= 15 is 0 Å². The van der Waals surface area contributed by atoms with Crippen LogP contribution in [0, 0.1) is 16.9 Å². The number of nitrogens with zero attached hydrogens (tertiary/aromatic N) is 1. The van der Waals surface area contributed by atoms with Gasteiger partial charge in [0.05, 0.1) is 11.6 Å². The van der Waals surface area contributed by atoms with Crippen molar-refractivity contribution in [1.82, 2.24) is 0 Å². The van der Waals surface area contributed by atoms with E-state index in [0.717, 1.165) is 6.20 Å². The number of nitrogens with one attached hydrogen (secondary N) is 2. The fraction of sp³-hybridized carbons (Fsp3) is 0.136. The molecule has 0 unspecified atom stereocenters. The highest BCUT2D eigenvalue weighted by Gasteiger charge is 2.67. The Morgan fingerprint density at radius 2 is 1.58 bits per heavy atom. The van der Waals surface area contributed by atoms with Crippen molar-refractivity contribution in [1.29, 1.82) is 0 Å². The molecule has 1 aromatic heterocycles. The molecule has 0 saturated heterocycles. The van der Waals surface area contributed by atoms with E-state index in [1.54, 1.807) is 18.2 Å². The summed E-state index contributed by atoms with van der Waals surface area (Å²) in [6.07, 6.45) is 1.07. The van der Waals surface area contributed by atoms with Crippen LogP contribution in [-0.2, 0) is 4.79 Å². The number of aromatic nitrogens is 1. The van der Waals surface area contributed by atoms with Crippen LogP contribution in [0.4, 0.5) is 15.8 Å². The molecule has 11 heteroatoms. The third-order valence-corrected chi connectivity index (χ3v) is 6.48. The molecule has 2 atom stereocenters. The van der Waals surface area contributed by atoms with Crippen LogP contribution in [0.1, 0.15) is 22.0 Å². The maximum Gasteiger partial charge on any atom is 0.321 e. The van der Waals surface area contributed by atoms with E-state index in [0.29, 0.717) is 26.0 Å². The summed E-state index contributed by atoms with van der Waals surface area (Å²) in [6, 6.07) is 12.4. The lowest BCUT2D eigenvalue weighted by Gasteiger charge is -2.09. The van der Waals surface area contributed by atoms with Crippen molar-refractivity contribution in [3.63, 3.8) is 0 Å². The lowest BCUT2D eigenvalue weighted by Crippen LogP contribution is -2.36. The van der Waals surface area contributed by atoms with Gasteiger partial charge in [-0.25, -0.2) is 4.39 Å². The molecule has 170 valence electrons. The summed E-state index contributed by atoms with van der Waals surface area (Å²) in [5.41, 5.74) is 0.817. The predicted octanol–water partition coefficient (Wildman–Crippen LogP) is 5.54. The van der Waals surface area contributed by atoms with Gasteiger partial charge in [0, 0.05) is 33.8 Å². The molecule has 1 fully saturated rings. The summed E-state index contributed by atoms with van der Waals surface area (Å²) >= 11 is 24.8. The molecule has 2 N–H and O–H groups in total. The maximum atomic E-state index is 13.0. The van der Waals surface area contributed by atoms with Gasteiger partial charge >= 0.3 is 5.91 Å². The summed E-state index contributed by atoms with van der Waals surface area (Å²) in [7, 11) is 0. The van der Waals surface area contributed by atoms with E-state index in [1.165, 1.54) is 36.4 Å². The molecule has 2 amide bonds. The van der Waals surface area contributed by atoms with E-state index in [2.05, 4.69) is 10.6 Å². The van der Waals surface area contributed by atoms with Crippen LogP contribution in [0.5, 0.6) is 0 Å². The molecular formula is C22H14Cl4FN3O3. The molecule has 3 aromatic rings. The fourth-order valence-electron chi connectivity index (χ4n) is 3.50. The molecule has 1 saturated carbocycles. The van der Waals surface area contributed by atoms with Crippen LogP contribution in [0.25, 0.3) is 0 Å². The zero-order valence-corrected chi connectivity index (χ0v) is 19.5. The topological polar surface area (TPSA) is 85.1 Å². The Balaban J connectivity index is 1.50. The molecule has 4 rings (SSSR count). The van der Waals surface area contributed by atoms with Crippen molar-refractivity contribution in [2.45, 2.75) is 10.3 Å². The van der Waals surface area contributed by atoms with Crippen molar-refractivity contribution in [3.05, 3.63) is 93.1 Å². The molecule has 0 aliphatic heterocycles. The van der Waals surface area contributed by atoms with Gasteiger partial charge in [0.25, 0.3) is 5.69 Å². The zero-order chi connectivity index (χ0) is 23.9. The smallest absolute Gasteiger partial charge is 0.321 e. The average molecular weight is 529 g/mol. The van der Waals surface area contributed by atoms with E-state index < -0.39 is 33.8 Å². The zero-order valence-electron chi connectivity index (χ0n) is 16.5. The lowest BCUT2D eigenvalue weighted by atomic mass is 10.1. The molecule has 0 bridgehead atoms. The SMILES string of the molecule is O=C(Nc1ccc(F)cc1)c1cc(NC(=O)[C@@H]2[C@@H](c3cc(Cl)cc(Cl)c3)C2(Cl)Cl)cc[n+]1[O-]. The second-order valence-corrected chi connectivity index (χ2v) is 9.73. The second kappa shape index (κ2) is 8.99. The Labute approximate surface area is 207 Å². The Kier molecular flexibility index (Phi) is 6.42. The first-order valence-corrected chi connectivity index (χ1v) is 11.0. The number of carbonyl (C=O) groups excluding carboxylic acids is 2. The quantitative estimate of drug-likeness (QED) is 0.259. The van der Waals surface area contributed by atoms with Gasteiger partial charge in [0.2, 0.25) is 5.91 Å². The summed E-state index contributed by atoms with van der Waals surface area (Å²) in [4.78, 5) is 25.4. The van der Waals surface area contributed by atoms with Crippen molar-refractivity contribution in [3.8, 4) is 0 Å². The summed E-state index contributed by atoms with van der Waals surface area (Å²) < 4.78 is 12.0. The molecule has 6 nitrogen and oxygen atoms in total. The normalized spacial score (nSPS) is 18.5. The van der Waals surface area contributed by atoms with Gasteiger partial charge in [-0.3, -0.25) is 9.59 Å². The summed E-state index contributed by atoms with van der Waals surface area (Å²) in [5.74, 6) is -3.08. The van der Waals surface area contributed by atoms with Crippen molar-refractivity contribution in [2.24, 2.45) is 5.92 Å². The first kappa shape index (κ1) is 23.6. The van der Waals surface area contributed by atoms with Crippen LogP contribution < -0.4 is 15.4 Å². The number of anilines is 2. The molecular weight excluding hydrogens is 515 g/mol. The molecule has 1 heterocycles. The van der Waals surface area contributed by atoms with Crippen molar-refractivity contribution < 1.29 is 18.7 Å². The number of benzene rings is 2. The first-order chi connectivity index (χ1) is 15.6. The molecule has 0 radical (unpaired) electrons. The monoisotopic (exact) mass is 527 g/mol. The number of amides is 2. The minimum absolute atomic E-state index is 0.190. The number of halogens is 5. The first-order valence-electron chi connectivity index (χ1n) is 9.51. The Morgan fingerprint density at radius 3 is 2.21 bits per heavy atom. The highest BCUT2D eigenvalue weighted by molar-refractivity contribution is 6.53. The van der Waals surface area contributed by atoms with Crippen LogP contribution in [-0.4, -0.2) is 16.1 Å². The predicted molar refractivity (Wildman–Crippen MR) is 126 cm³/mol. The lowest BCUT2D eigenvalue weighted by molar-refractivity contribution is -0.607. The van der Waals surface area contributed by atoms with Crippen LogP contribution in [0.2, 0.25) is 10.0 Å². The molecule has 2 aromatic carbocycles. The van der Waals surface area contributed by atoms with Gasteiger partial charge < -0.3 is 15.8 Å². The van der Waals surface area contributed by atoms with E-state index in [4.69, 9.17) is 46.4 Å². The second-order valence-electron chi connectivity index (χ2n) is 7.41. The number of alkyl halides is 2. The van der Waals surface area contributed by atoms with E-state index in [9.17, 15) is 19.2 Å². The van der Waals surface area contributed by atoms with Gasteiger partial charge in [0.15, 0.2) is 6.20 Å². The largest absolute Gasteiger partial charge is 0.618 e. The minimum atomic E-state index is -1.38. The Morgan fingerprint density at radius 1 is 0.939 bits per heavy atom. The number of hydrogen-bond acceptors (Lipinski definition) is 3. The van der Waals surface area contributed by atoms with Gasteiger partial charge in [-0.1, -0.05) is 23.2 Å². The van der Waals surface area contributed by atoms with E-state index in [1.807, 2.05) is 0 Å². The van der Waals surface area contributed by atoms with Gasteiger partial charge in [-0.2, -0.15) is 4.73 Å².